The molecule has 2 nitrogen and oxygen atoms in total. The molecule has 0 saturated heterocycles. The highest BCUT2D eigenvalue weighted by atomic mass is 35.5. The van der Waals surface area contributed by atoms with E-state index in [4.69, 9.17) is 11.6 Å². The number of nitrogens with one attached hydrogen (secondary N) is 1. The minimum Gasteiger partial charge on any atom is -0.351 e. The summed E-state index contributed by atoms with van der Waals surface area (Å²) in [6.45, 7) is 6.48. The molecule has 1 N–H and O–H groups in total. The van der Waals surface area contributed by atoms with E-state index in [1.807, 2.05) is 0 Å². The first-order chi connectivity index (χ1) is 8.57. The van der Waals surface area contributed by atoms with Crippen molar-refractivity contribution in [2.45, 2.75) is 45.1 Å². The highest BCUT2D eigenvalue weighted by Crippen LogP contribution is 2.32. The van der Waals surface area contributed by atoms with Crippen LogP contribution in [0.2, 0.25) is 5.02 Å². The van der Waals surface area contributed by atoms with Gasteiger partial charge < -0.3 is 5.32 Å². The van der Waals surface area contributed by atoms with E-state index >= 15 is 0 Å². The Bertz CT molecular complexity index is 454. The molecule has 0 aromatic heterocycles. The third-order valence-electron chi connectivity index (χ3n) is 2.84. The third kappa shape index (κ3) is 3.66. The van der Waals surface area contributed by atoms with Crippen LogP contribution in [-0.4, -0.2) is 17.9 Å². The fourth-order valence-electron chi connectivity index (χ4n) is 1.62. The number of alkyl halides is 2. The molecule has 0 heterocycles. The van der Waals surface area contributed by atoms with Crippen molar-refractivity contribution in [3.63, 3.8) is 0 Å². The zero-order valence-corrected chi connectivity index (χ0v) is 12.2. The van der Waals surface area contributed by atoms with Crippen molar-refractivity contribution in [2.24, 2.45) is 0 Å². The average Bonchev–Trinajstić information content (AvgIpc) is 2.26. The van der Waals surface area contributed by atoms with Crippen molar-refractivity contribution in [1.29, 1.82) is 0 Å². The Morgan fingerprint density at radius 3 is 2.00 bits per heavy atom. The predicted octanol–water partition coefficient (Wildman–Crippen LogP) is 3.78. The van der Waals surface area contributed by atoms with Crippen LogP contribution in [0.15, 0.2) is 24.3 Å². The maximum absolute atomic E-state index is 13.4. The lowest BCUT2D eigenvalue weighted by Gasteiger charge is -2.32. The lowest BCUT2D eigenvalue weighted by Crippen LogP contribution is -2.53. The molecule has 1 aromatic rings. The first kappa shape index (κ1) is 15.9. The fourth-order valence-corrected chi connectivity index (χ4v) is 1.75. The molecule has 0 unspecified atom stereocenters. The van der Waals surface area contributed by atoms with Crippen LogP contribution in [0, 0.1) is 0 Å². The highest BCUT2D eigenvalue weighted by Gasteiger charge is 2.45. The quantitative estimate of drug-likeness (QED) is 0.901. The minimum atomic E-state index is -2.81. The van der Waals surface area contributed by atoms with Gasteiger partial charge in [-0.25, -0.2) is 8.78 Å². The molecule has 0 aliphatic carbocycles. The summed E-state index contributed by atoms with van der Waals surface area (Å²) in [6.07, 6.45) is -2.81. The van der Waals surface area contributed by atoms with Crippen molar-refractivity contribution >= 4 is 17.5 Å². The molecule has 1 aromatic carbocycles. The molecular weight excluding hydrogens is 272 g/mol. The molecular formula is C14H18ClF2NO. The van der Waals surface area contributed by atoms with Crippen molar-refractivity contribution in [1.82, 2.24) is 5.32 Å². The van der Waals surface area contributed by atoms with Gasteiger partial charge in [0.25, 0.3) is 6.43 Å². The zero-order chi connectivity index (χ0) is 14.8. The van der Waals surface area contributed by atoms with Crippen molar-refractivity contribution in [2.75, 3.05) is 0 Å². The molecule has 19 heavy (non-hydrogen) atoms. The van der Waals surface area contributed by atoms with Gasteiger partial charge in [0.2, 0.25) is 5.91 Å². The SMILES string of the molecule is CC(C)(C)NC(=O)[C@](C)(c1ccc(Cl)cc1)C(F)F. The van der Waals surface area contributed by atoms with Crippen molar-refractivity contribution < 1.29 is 13.6 Å². The van der Waals surface area contributed by atoms with Gasteiger partial charge in [0.05, 0.1) is 0 Å². The van der Waals surface area contributed by atoms with Crippen molar-refractivity contribution in [3.8, 4) is 0 Å². The summed E-state index contributed by atoms with van der Waals surface area (Å²) in [5.41, 5.74) is -2.22. The van der Waals surface area contributed by atoms with Gasteiger partial charge in [-0.2, -0.15) is 0 Å². The number of hydrogen-bond acceptors (Lipinski definition) is 1. The topological polar surface area (TPSA) is 29.1 Å². The van der Waals surface area contributed by atoms with Gasteiger partial charge in [-0.3, -0.25) is 4.79 Å². The van der Waals surface area contributed by atoms with Crippen molar-refractivity contribution in [3.05, 3.63) is 34.9 Å². The fraction of sp³-hybridized carbons (Fsp3) is 0.500. The number of carbonyl (C=O) groups excluding carboxylic acids is 1. The number of amides is 1. The Hall–Kier alpha value is -1.16. The number of hydrogen-bond donors (Lipinski definition) is 1. The number of halogens is 3. The molecule has 0 spiro atoms. The van der Waals surface area contributed by atoms with Crippen LogP contribution >= 0.6 is 11.6 Å². The minimum absolute atomic E-state index is 0.244. The van der Waals surface area contributed by atoms with Gasteiger partial charge in [-0.15, -0.1) is 0 Å². The maximum Gasteiger partial charge on any atom is 0.256 e. The molecule has 0 saturated carbocycles. The van der Waals surface area contributed by atoms with Crippen LogP contribution in [0.4, 0.5) is 8.78 Å². The normalized spacial score (nSPS) is 15.2. The van der Waals surface area contributed by atoms with E-state index < -0.39 is 23.3 Å². The summed E-state index contributed by atoms with van der Waals surface area (Å²) < 4.78 is 26.8. The lowest BCUT2D eigenvalue weighted by atomic mass is 9.81. The Morgan fingerprint density at radius 1 is 1.16 bits per heavy atom. The van der Waals surface area contributed by atoms with Gasteiger partial charge in [0, 0.05) is 10.6 Å². The van der Waals surface area contributed by atoms with Gasteiger partial charge in [-0.1, -0.05) is 23.7 Å². The molecule has 1 rings (SSSR count). The molecule has 1 amide bonds. The van der Waals surface area contributed by atoms with E-state index in [1.54, 1.807) is 20.8 Å². The molecule has 106 valence electrons. The molecule has 0 radical (unpaired) electrons. The van der Waals surface area contributed by atoms with Gasteiger partial charge >= 0.3 is 0 Å². The summed E-state index contributed by atoms with van der Waals surface area (Å²) in [5, 5.41) is 3.04. The highest BCUT2D eigenvalue weighted by molar-refractivity contribution is 6.30. The summed E-state index contributed by atoms with van der Waals surface area (Å²) in [6, 6.07) is 5.91. The number of rotatable bonds is 3. The van der Waals surface area contributed by atoms with E-state index in [0.29, 0.717) is 5.02 Å². The Labute approximate surface area is 117 Å². The third-order valence-corrected chi connectivity index (χ3v) is 3.09. The van der Waals surface area contributed by atoms with E-state index in [1.165, 1.54) is 31.2 Å². The van der Waals surface area contributed by atoms with Gasteiger partial charge in [0.15, 0.2) is 0 Å². The van der Waals surface area contributed by atoms with Gasteiger partial charge in [0.1, 0.15) is 5.41 Å². The number of carbonyl (C=O) groups is 1. The van der Waals surface area contributed by atoms with Gasteiger partial charge in [-0.05, 0) is 45.4 Å². The first-order valence-corrected chi connectivity index (χ1v) is 6.32. The van der Waals surface area contributed by atoms with E-state index in [0.717, 1.165) is 0 Å². The lowest BCUT2D eigenvalue weighted by molar-refractivity contribution is -0.133. The molecule has 0 fully saturated rings. The predicted molar refractivity (Wildman–Crippen MR) is 72.7 cm³/mol. The maximum atomic E-state index is 13.4. The molecule has 0 bridgehead atoms. The number of benzene rings is 1. The summed E-state index contributed by atoms with van der Waals surface area (Å²) in [5.74, 6) is -0.697. The summed E-state index contributed by atoms with van der Waals surface area (Å²) in [7, 11) is 0. The van der Waals surface area contributed by atoms with E-state index in [2.05, 4.69) is 5.32 Å². The second-order valence-corrected chi connectivity index (χ2v) is 6.15. The second kappa shape index (κ2) is 5.45. The summed E-state index contributed by atoms with van der Waals surface area (Å²) in [4.78, 5) is 12.2. The Balaban J connectivity index is 3.17. The second-order valence-electron chi connectivity index (χ2n) is 5.71. The first-order valence-electron chi connectivity index (χ1n) is 5.94. The molecule has 0 aliphatic rings. The Morgan fingerprint density at radius 2 is 1.63 bits per heavy atom. The largest absolute Gasteiger partial charge is 0.351 e. The van der Waals surface area contributed by atoms with Crippen LogP contribution in [0.25, 0.3) is 0 Å². The van der Waals surface area contributed by atoms with Crippen LogP contribution in [-0.2, 0) is 10.2 Å². The van der Waals surface area contributed by atoms with Crippen LogP contribution in [0.3, 0.4) is 0 Å². The standard InChI is InChI=1S/C14H18ClF2NO/c1-13(2,3)18-12(19)14(4,11(16)17)9-5-7-10(15)8-6-9/h5-8,11H,1-4H3,(H,18,19)/t14-/m1/s1. The summed E-state index contributed by atoms with van der Waals surface area (Å²) >= 11 is 5.74. The molecule has 0 aliphatic heterocycles. The Kier molecular flexibility index (Phi) is 4.56. The average molecular weight is 290 g/mol. The van der Waals surface area contributed by atoms with Crippen LogP contribution < -0.4 is 5.32 Å². The molecule has 5 heteroatoms. The van der Waals surface area contributed by atoms with E-state index in [-0.39, 0.29) is 5.56 Å². The van der Waals surface area contributed by atoms with Crippen LogP contribution in [0.1, 0.15) is 33.3 Å². The smallest absolute Gasteiger partial charge is 0.256 e. The zero-order valence-electron chi connectivity index (χ0n) is 11.4. The monoisotopic (exact) mass is 289 g/mol. The van der Waals surface area contributed by atoms with Crippen LogP contribution in [0.5, 0.6) is 0 Å². The van der Waals surface area contributed by atoms with E-state index in [9.17, 15) is 13.6 Å². The molecule has 1 atom stereocenters.